The first-order valence-electron chi connectivity index (χ1n) is 6.46. The highest BCUT2D eigenvalue weighted by Gasteiger charge is 2.09. The first-order chi connectivity index (χ1) is 9.49. The highest BCUT2D eigenvalue weighted by Crippen LogP contribution is 2.21. The molecule has 0 aliphatic rings. The largest absolute Gasteiger partial charge is 0.487 e. The molecule has 0 atom stereocenters. The number of aromatic carboxylic acids is 1. The molecule has 2 rings (SSSR count). The molecule has 2 aromatic rings. The Morgan fingerprint density at radius 1 is 1.45 bits per heavy atom. The summed E-state index contributed by atoms with van der Waals surface area (Å²) in [6.45, 7) is 6.39. The van der Waals surface area contributed by atoms with Gasteiger partial charge in [0.15, 0.2) is 0 Å². The van der Waals surface area contributed by atoms with Gasteiger partial charge in [0, 0.05) is 6.04 Å². The van der Waals surface area contributed by atoms with Crippen molar-refractivity contribution in [3.05, 3.63) is 47.5 Å². The van der Waals surface area contributed by atoms with E-state index in [1.807, 2.05) is 11.5 Å². The molecule has 1 heterocycles. The van der Waals surface area contributed by atoms with Crippen molar-refractivity contribution in [3.8, 4) is 5.75 Å². The van der Waals surface area contributed by atoms with Gasteiger partial charge in [-0.05, 0) is 38.5 Å². The van der Waals surface area contributed by atoms with E-state index in [0.717, 1.165) is 11.3 Å². The summed E-state index contributed by atoms with van der Waals surface area (Å²) in [5.74, 6) is -0.372. The standard InChI is InChI=1S/C15H18N2O3/c1-10(2)17-9-16-7-13(17)8-20-14-6-12(15(18)19)5-4-11(14)3/h4-7,9-10H,8H2,1-3H3,(H,18,19). The van der Waals surface area contributed by atoms with Gasteiger partial charge in [-0.15, -0.1) is 0 Å². The van der Waals surface area contributed by atoms with E-state index >= 15 is 0 Å². The van der Waals surface area contributed by atoms with Crippen LogP contribution in [0.3, 0.4) is 0 Å². The van der Waals surface area contributed by atoms with Gasteiger partial charge >= 0.3 is 5.97 Å². The van der Waals surface area contributed by atoms with Gasteiger partial charge < -0.3 is 14.4 Å². The van der Waals surface area contributed by atoms with E-state index in [4.69, 9.17) is 9.84 Å². The van der Waals surface area contributed by atoms with Gasteiger partial charge in [0.1, 0.15) is 12.4 Å². The van der Waals surface area contributed by atoms with Crippen molar-refractivity contribution in [1.29, 1.82) is 0 Å². The minimum Gasteiger partial charge on any atom is -0.487 e. The summed E-state index contributed by atoms with van der Waals surface area (Å²) in [5, 5.41) is 9.00. The predicted octanol–water partition coefficient (Wildman–Crippen LogP) is 3.05. The molecule has 1 N–H and O–H groups in total. The molecule has 1 aromatic heterocycles. The second-order valence-electron chi connectivity index (χ2n) is 4.96. The molecule has 0 fully saturated rings. The van der Waals surface area contributed by atoms with E-state index in [0.29, 0.717) is 18.4 Å². The van der Waals surface area contributed by atoms with Gasteiger partial charge in [0.2, 0.25) is 0 Å². The monoisotopic (exact) mass is 274 g/mol. The second-order valence-corrected chi connectivity index (χ2v) is 4.96. The van der Waals surface area contributed by atoms with Gasteiger partial charge in [-0.1, -0.05) is 6.07 Å². The second kappa shape index (κ2) is 5.77. The lowest BCUT2D eigenvalue weighted by Gasteiger charge is -2.14. The van der Waals surface area contributed by atoms with Crippen LogP contribution in [0.2, 0.25) is 0 Å². The van der Waals surface area contributed by atoms with Crippen LogP contribution in [0.25, 0.3) is 0 Å². The number of ether oxygens (including phenoxy) is 1. The molecule has 20 heavy (non-hydrogen) atoms. The highest BCUT2D eigenvalue weighted by molar-refractivity contribution is 5.88. The van der Waals surface area contributed by atoms with Crippen molar-refractivity contribution < 1.29 is 14.6 Å². The van der Waals surface area contributed by atoms with E-state index in [1.165, 1.54) is 0 Å². The summed E-state index contributed by atoms with van der Waals surface area (Å²) < 4.78 is 7.76. The van der Waals surface area contributed by atoms with E-state index in [-0.39, 0.29) is 5.56 Å². The van der Waals surface area contributed by atoms with Crippen molar-refractivity contribution in [1.82, 2.24) is 9.55 Å². The number of carboxylic acids is 1. The van der Waals surface area contributed by atoms with Crippen LogP contribution in [0.15, 0.2) is 30.7 Å². The summed E-state index contributed by atoms with van der Waals surface area (Å²) >= 11 is 0. The molecular weight excluding hydrogens is 256 g/mol. The van der Waals surface area contributed by atoms with Crippen molar-refractivity contribution in [3.63, 3.8) is 0 Å². The first kappa shape index (κ1) is 14.1. The SMILES string of the molecule is Cc1ccc(C(=O)O)cc1OCc1cncn1C(C)C. The molecule has 0 amide bonds. The zero-order chi connectivity index (χ0) is 14.7. The maximum absolute atomic E-state index is 11.0. The topological polar surface area (TPSA) is 64.3 Å². The number of aryl methyl sites for hydroxylation is 1. The molecule has 0 aliphatic carbocycles. The Kier molecular flexibility index (Phi) is 4.08. The van der Waals surface area contributed by atoms with Crippen LogP contribution < -0.4 is 4.74 Å². The first-order valence-corrected chi connectivity index (χ1v) is 6.46. The number of carbonyl (C=O) groups is 1. The van der Waals surface area contributed by atoms with Gasteiger partial charge in [-0.3, -0.25) is 0 Å². The number of hydrogen-bond acceptors (Lipinski definition) is 3. The number of aromatic nitrogens is 2. The zero-order valence-electron chi connectivity index (χ0n) is 11.8. The Hall–Kier alpha value is -2.30. The van der Waals surface area contributed by atoms with Crippen LogP contribution in [-0.2, 0) is 6.61 Å². The maximum Gasteiger partial charge on any atom is 0.335 e. The number of benzene rings is 1. The Balaban J connectivity index is 2.16. The van der Waals surface area contributed by atoms with Crippen LogP contribution in [0.1, 0.15) is 41.5 Å². The molecule has 5 nitrogen and oxygen atoms in total. The fourth-order valence-corrected chi connectivity index (χ4v) is 1.95. The van der Waals surface area contributed by atoms with E-state index in [9.17, 15) is 4.79 Å². The molecule has 0 aliphatic heterocycles. The number of rotatable bonds is 5. The van der Waals surface area contributed by atoms with Crippen LogP contribution in [0.4, 0.5) is 0 Å². The number of nitrogens with zero attached hydrogens (tertiary/aromatic N) is 2. The molecule has 1 aromatic carbocycles. The zero-order valence-corrected chi connectivity index (χ0v) is 11.8. The third-order valence-electron chi connectivity index (χ3n) is 3.11. The molecule has 5 heteroatoms. The van der Waals surface area contributed by atoms with Gasteiger partial charge in [0.05, 0.1) is 23.8 Å². The minimum atomic E-state index is -0.956. The molecule has 0 bridgehead atoms. The summed E-state index contributed by atoms with van der Waals surface area (Å²) in [4.78, 5) is 15.1. The Bertz CT molecular complexity index is 617. The fraction of sp³-hybridized carbons (Fsp3) is 0.333. The third kappa shape index (κ3) is 2.99. The lowest BCUT2D eigenvalue weighted by Crippen LogP contribution is -2.08. The Morgan fingerprint density at radius 3 is 2.85 bits per heavy atom. The van der Waals surface area contributed by atoms with Crippen molar-refractivity contribution in [2.45, 2.75) is 33.4 Å². The fourth-order valence-electron chi connectivity index (χ4n) is 1.95. The molecule has 0 radical (unpaired) electrons. The summed E-state index contributed by atoms with van der Waals surface area (Å²) in [6, 6.07) is 5.18. The smallest absolute Gasteiger partial charge is 0.335 e. The molecule has 0 saturated carbocycles. The van der Waals surface area contributed by atoms with Crippen molar-refractivity contribution >= 4 is 5.97 Å². The maximum atomic E-state index is 11.0. The number of hydrogen-bond donors (Lipinski definition) is 1. The Labute approximate surface area is 117 Å². The third-order valence-corrected chi connectivity index (χ3v) is 3.11. The van der Waals surface area contributed by atoms with Gasteiger partial charge in [-0.25, -0.2) is 9.78 Å². The highest BCUT2D eigenvalue weighted by atomic mass is 16.5. The Morgan fingerprint density at radius 2 is 2.20 bits per heavy atom. The normalized spacial score (nSPS) is 10.8. The summed E-state index contributed by atoms with van der Waals surface area (Å²) in [5.41, 5.74) is 2.09. The van der Waals surface area contributed by atoms with Crippen LogP contribution in [0, 0.1) is 6.92 Å². The lowest BCUT2D eigenvalue weighted by molar-refractivity contribution is 0.0696. The van der Waals surface area contributed by atoms with Gasteiger partial charge in [0.25, 0.3) is 0 Å². The summed E-state index contributed by atoms with van der Waals surface area (Å²) in [6.07, 6.45) is 3.53. The lowest BCUT2D eigenvalue weighted by atomic mass is 10.1. The quantitative estimate of drug-likeness (QED) is 0.910. The summed E-state index contributed by atoms with van der Waals surface area (Å²) in [7, 11) is 0. The predicted molar refractivity (Wildman–Crippen MR) is 75.1 cm³/mol. The van der Waals surface area contributed by atoms with Crippen LogP contribution in [0.5, 0.6) is 5.75 Å². The number of imidazole rings is 1. The average molecular weight is 274 g/mol. The molecule has 0 spiro atoms. The number of carboxylic acid groups (broad SMARTS) is 1. The molecule has 0 saturated heterocycles. The van der Waals surface area contributed by atoms with E-state index < -0.39 is 5.97 Å². The van der Waals surface area contributed by atoms with E-state index in [2.05, 4.69) is 18.8 Å². The molecule has 0 unspecified atom stereocenters. The minimum absolute atomic E-state index is 0.225. The van der Waals surface area contributed by atoms with Crippen LogP contribution in [-0.4, -0.2) is 20.6 Å². The van der Waals surface area contributed by atoms with E-state index in [1.54, 1.807) is 30.7 Å². The van der Waals surface area contributed by atoms with Gasteiger partial charge in [-0.2, -0.15) is 0 Å². The van der Waals surface area contributed by atoms with Crippen LogP contribution >= 0.6 is 0 Å². The molecule has 106 valence electrons. The molecular formula is C15H18N2O3. The van der Waals surface area contributed by atoms with Crippen molar-refractivity contribution in [2.24, 2.45) is 0 Å². The average Bonchev–Trinajstić information content (AvgIpc) is 2.86. The van der Waals surface area contributed by atoms with Crippen molar-refractivity contribution in [2.75, 3.05) is 0 Å².